The van der Waals surface area contributed by atoms with Crippen LogP contribution in [0.2, 0.25) is 5.02 Å². The van der Waals surface area contributed by atoms with E-state index < -0.39 is 0 Å². The summed E-state index contributed by atoms with van der Waals surface area (Å²) in [7, 11) is 3.31. The van der Waals surface area contributed by atoms with Crippen LogP contribution in [0.3, 0.4) is 0 Å². The lowest BCUT2D eigenvalue weighted by molar-refractivity contribution is -0.117. The topological polar surface area (TPSA) is 58.6 Å². The summed E-state index contributed by atoms with van der Waals surface area (Å²) in [5.74, 6) is 0.767. The molecule has 2 amide bonds. The minimum absolute atomic E-state index is 0.0502. The van der Waals surface area contributed by atoms with Gasteiger partial charge < -0.3 is 15.0 Å². The smallest absolute Gasteiger partial charge is 0.253 e. The summed E-state index contributed by atoms with van der Waals surface area (Å²) in [5.41, 5.74) is 2.10. The first kappa shape index (κ1) is 18.3. The fraction of sp³-hybridized carbons (Fsp3) is 0.300. The predicted octanol–water partition coefficient (Wildman–Crippen LogP) is 3.97. The highest BCUT2D eigenvalue weighted by atomic mass is 35.5. The average Bonchev–Trinajstić information content (AvgIpc) is 3.47. The number of carbonyl (C=O) groups is 2. The fourth-order valence-corrected chi connectivity index (χ4v) is 2.90. The number of rotatable bonds is 6. The Labute approximate surface area is 157 Å². The van der Waals surface area contributed by atoms with Gasteiger partial charge in [0.25, 0.3) is 5.91 Å². The van der Waals surface area contributed by atoms with Crippen molar-refractivity contribution >= 4 is 29.1 Å². The molecule has 0 aliphatic heterocycles. The van der Waals surface area contributed by atoms with Crippen LogP contribution in [0.25, 0.3) is 0 Å². The van der Waals surface area contributed by atoms with E-state index in [0.29, 0.717) is 28.6 Å². The molecule has 2 aromatic carbocycles. The molecule has 0 heterocycles. The van der Waals surface area contributed by atoms with Gasteiger partial charge in [0, 0.05) is 41.3 Å². The maximum Gasteiger partial charge on any atom is 0.253 e. The third-order valence-electron chi connectivity index (χ3n) is 4.34. The quantitative estimate of drug-likeness (QED) is 0.834. The van der Waals surface area contributed by atoms with Gasteiger partial charge in [-0.2, -0.15) is 0 Å². The van der Waals surface area contributed by atoms with Gasteiger partial charge in [0.15, 0.2) is 0 Å². The van der Waals surface area contributed by atoms with Gasteiger partial charge in [0.05, 0.1) is 7.11 Å². The van der Waals surface area contributed by atoms with Gasteiger partial charge in [-0.15, -0.1) is 0 Å². The molecule has 1 N–H and O–H groups in total. The molecule has 1 aliphatic rings. The molecule has 6 heteroatoms. The summed E-state index contributed by atoms with van der Waals surface area (Å²) >= 11 is 6.05. The van der Waals surface area contributed by atoms with E-state index in [0.717, 1.165) is 18.4 Å². The van der Waals surface area contributed by atoms with Crippen molar-refractivity contribution in [1.82, 2.24) is 4.90 Å². The summed E-state index contributed by atoms with van der Waals surface area (Å²) < 4.78 is 5.33. The van der Waals surface area contributed by atoms with Crippen molar-refractivity contribution in [3.8, 4) is 5.75 Å². The minimum Gasteiger partial charge on any atom is -0.496 e. The molecular weight excluding hydrogens is 352 g/mol. The molecule has 2 aromatic rings. The number of anilines is 1. The number of nitrogens with one attached hydrogen (secondary N) is 1. The second-order valence-electron chi connectivity index (χ2n) is 6.46. The molecule has 0 saturated heterocycles. The predicted molar refractivity (Wildman–Crippen MR) is 102 cm³/mol. The number of carbonyl (C=O) groups excluding carboxylic acids is 2. The number of benzene rings is 2. The third kappa shape index (κ3) is 4.35. The number of hydrogen-bond acceptors (Lipinski definition) is 3. The maximum atomic E-state index is 12.7. The summed E-state index contributed by atoms with van der Waals surface area (Å²) in [6.45, 7) is 0.378. The van der Waals surface area contributed by atoms with Crippen molar-refractivity contribution < 1.29 is 14.3 Å². The Kier molecular flexibility index (Phi) is 5.47. The molecule has 1 fully saturated rings. The molecule has 1 aliphatic carbocycles. The van der Waals surface area contributed by atoms with Crippen molar-refractivity contribution in [2.75, 3.05) is 19.5 Å². The van der Waals surface area contributed by atoms with Crippen LogP contribution in [0.4, 0.5) is 5.69 Å². The molecule has 1 saturated carbocycles. The minimum atomic E-state index is -0.118. The lowest BCUT2D eigenvalue weighted by Crippen LogP contribution is -2.26. The van der Waals surface area contributed by atoms with Gasteiger partial charge in [0.1, 0.15) is 5.75 Å². The Bertz CT molecular complexity index is 816. The van der Waals surface area contributed by atoms with E-state index in [2.05, 4.69) is 5.32 Å². The highest BCUT2D eigenvalue weighted by molar-refractivity contribution is 6.30. The van der Waals surface area contributed by atoms with Crippen LogP contribution in [0.15, 0.2) is 42.5 Å². The largest absolute Gasteiger partial charge is 0.496 e. The van der Waals surface area contributed by atoms with Crippen LogP contribution < -0.4 is 10.1 Å². The number of nitrogens with zero attached hydrogens (tertiary/aromatic N) is 1. The molecule has 0 radical (unpaired) electrons. The Morgan fingerprint density at radius 1 is 1.19 bits per heavy atom. The zero-order chi connectivity index (χ0) is 18.7. The van der Waals surface area contributed by atoms with Crippen molar-refractivity contribution in [3.05, 3.63) is 58.6 Å². The fourth-order valence-electron chi connectivity index (χ4n) is 2.70. The highest BCUT2D eigenvalue weighted by Gasteiger charge is 2.29. The Hall–Kier alpha value is -2.53. The van der Waals surface area contributed by atoms with E-state index >= 15 is 0 Å². The Morgan fingerprint density at radius 3 is 2.50 bits per heavy atom. The molecule has 26 heavy (non-hydrogen) atoms. The van der Waals surface area contributed by atoms with Crippen LogP contribution >= 0.6 is 11.6 Å². The van der Waals surface area contributed by atoms with Crippen LogP contribution in [-0.4, -0.2) is 30.9 Å². The van der Waals surface area contributed by atoms with E-state index in [1.807, 2.05) is 0 Å². The number of amides is 2. The van der Waals surface area contributed by atoms with E-state index in [9.17, 15) is 9.59 Å². The average molecular weight is 373 g/mol. The first-order chi connectivity index (χ1) is 12.5. The van der Waals surface area contributed by atoms with E-state index in [1.165, 1.54) is 0 Å². The lowest BCUT2D eigenvalue weighted by atomic mass is 10.1. The van der Waals surface area contributed by atoms with Crippen LogP contribution in [0.5, 0.6) is 5.75 Å². The molecule has 5 nitrogen and oxygen atoms in total. The van der Waals surface area contributed by atoms with Crippen LogP contribution in [-0.2, 0) is 11.3 Å². The monoisotopic (exact) mass is 372 g/mol. The van der Waals surface area contributed by atoms with Gasteiger partial charge in [-0.25, -0.2) is 0 Å². The molecule has 0 spiro atoms. The number of hydrogen-bond donors (Lipinski definition) is 1. The number of ether oxygens (including phenoxy) is 1. The van der Waals surface area contributed by atoms with E-state index in [-0.39, 0.29) is 17.7 Å². The number of methoxy groups -OCH3 is 1. The standard InChI is InChI=1S/C20H21ClN2O3/c1-23(12-15-11-16(21)7-10-18(15)26-2)20(25)14-5-8-17(9-6-14)22-19(24)13-3-4-13/h5-11,13H,3-4,12H2,1-2H3,(H,22,24). The molecule has 0 unspecified atom stereocenters. The van der Waals surface area contributed by atoms with E-state index in [1.54, 1.807) is 61.5 Å². The van der Waals surface area contributed by atoms with Gasteiger partial charge in [-0.05, 0) is 55.3 Å². The van der Waals surface area contributed by atoms with Crippen molar-refractivity contribution in [1.29, 1.82) is 0 Å². The zero-order valence-electron chi connectivity index (χ0n) is 14.8. The summed E-state index contributed by atoms with van der Waals surface area (Å²) in [6, 6.07) is 12.3. The molecule has 0 aromatic heterocycles. The van der Waals surface area contributed by atoms with Gasteiger partial charge in [0.2, 0.25) is 5.91 Å². The highest BCUT2D eigenvalue weighted by Crippen LogP contribution is 2.30. The van der Waals surface area contributed by atoms with Crippen molar-refractivity contribution in [2.24, 2.45) is 5.92 Å². The molecule has 136 valence electrons. The first-order valence-electron chi connectivity index (χ1n) is 8.46. The first-order valence-corrected chi connectivity index (χ1v) is 8.84. The molecule has 0 bridgehead atoms. The maximum absolute atomic E-state index is 12.7. The van der Waals surface area contributed by atoms with E-state index in [4.69, 9.17) is 16.3 Å². The van der Waals surface area contributed by atoms with Crippen molar-refractivity contribution in [3.63, 3.8) is 0 Å². The van der Waals surface area contributed by atoms with Gasteiger partial charge in [-0.1, -0.05) is 11.6 Å². The zero-order valence-corrected chi connectivity index (χ0v) is 15.5. The van der Waals surface area contributed by atoms with Gasteiger partial charge in [-0.3, -0.25) is 9.59 Å². The molecular formula is C20H21ClN2O3. The molecule has 0 atom stereocenters. The summed E-state index contributed by atoms with van der Waals surface area (Å²) in [5, 5.41) is 3.46. The second-order valence-corrected chi connectivity index (χ2v) is 6.89. The summed E-state index contributed by atoms with van der Waals surface area (Å²) in [6.07, 6.45) is 1.92. The normalized spacial score (nSPS) is 13.2. The van der Waals surface area contributed by atoms with Gasteiger partial charge >= 0.3 is 0 Å². The SMILES string of the molecule is COc1ccc(Cl)cc1CN(C)C(=O)c1ccc(NC(=O)C2CC2)cc1. The third-order valence-corrected chi connectivity index (χ3v) is 4.58. The lowest BCUT2D eigenvalue weighted by Gasteiger charge is -2.19. The molecule has 3 rings (SSSR count). The van der Waals surface area contributed by atoms with Crippen LogP contribution in [0, 0.1) is 5.92 Å². The Morgan fingerprint density at radius 2 is 1.88 bits per heavy atom. The summed E-state index contributed by atoms with van der Waals surface area (Å²) in [4.78, 5) is 26.0. The number of halogens is 1. The van der Waals surface area contributed by atoms with Crippen molar-refractivity contribution in [2.45, 2.75) is 19.4 Å². The Balaban J connectivity index is 1.66. The second kappa shape index (κ2) is 7.79. The van der Waals surface area contributed by atoms with Crippen LogP contribution in [0.1, 0.15) is 28.8 Å².